The standard InChI is InChI=1S/C23H18ClNO/c24-22-10-11-23-20(15-22)8-6-19-14-18(17-4-2-1-3-5-17)7-9-21(19)16-25(23)12-13-26/h1-11,13-15H,12,16H2/b8-6-. The largest absolute Gasteiger partial charge is 0.360 e. The van der Waals surface area contributed by atoms with Gasteiger partial charge < -0.3 is 9.69 Å². The summed E-state index contributed by atoms with van der Waals surface area (Å²) in [5.74, 6) is 0. The van der Waals surface area contributed by atoms with Gasteiger partial charge in [0.05, 0.1) is 6.54 Å². The Bertz CT molecular complexity index is 979. The summed E-state index contributed by atoms with van der Waals surface area (Å²) < 4.78 is 0. The molecule has 26 heavy (non-hydrogen) atoms. The molecule has 3 aromatic rings. The topological polar surface area (TPSA) is 20.3 Å². The zero-order chi connectivity index (χ0) is 17.9. The highest BCUT2D eigenvalue weighted by molar-refractivity contribution is 6.30. The molecule has 0 radical (unpaired) electrons. The highest BCUT2D eigenvalue weighted by Gasteiger charge is 2.15. The molecule has 3 aromatic carbocycles. The van der Waals surface area contributed by atoms with Gasteiger partial charge in [0.25, 0.3) is 0 Å². The number of rotatable bonds is 3. The maximum atomic E-state index is 11.2. The van der Waals surface area contributed by atoms with E-state index in [9.17, 15) is 4.79 Å². The molecule has 1 heterocycles. The van der Waals surface area contributed by atoms with Gasteiger partial charge in [-0.2, -0.15) is 0 Å². The molecule has 0 bridgehead atoms. The Hall–Kier alpha value is -2.84. The third-order valence-electron chi connectivity index (χ3n) is 4.68. The molecule has 0 amide bonds. The molecule has 4 rings (SSSR count). The highest BCUT2D eigenvalue weighted by atomic mass is 35.5. The fourth-order valence-corrected chi connectivity index (χ4v) is 3.55. The number of anilines is 1. The molecule has 3 heteroatoms. The Morgan fingerprint density at radius 2 is 1.69 bits per heavy atom. The summed E-state index contributed by atoms with van der Waals surface area (Å²) in [4.78, 5) is 13.3. The summed E-state index contributed by atoms with van der Waals surface area (Å²) in [5, 5.41) is 0.693. The molecule has 1 aliphatic heterocycles. The average Bonchev–Trinajstić information content (AvgIpc) is 2.66. The molecule has 0 aromatic heterocycles. The van der Waals surface area contributed by atoms with Crippen molar-refractivity contribution in [1.82, 2.24) is 0 Å². The third-order valence-corrected chi connectivity index (χ3v) is 4.92. The summed E-state index contributed by atoms with van der Waals surface area (Å²) in [6.07, 6.45) is 5.16. The first-order valence-electron chi connectivity index (χ1n) is 8.59. The second kappa shape index (κ2) is 7.19. The van der Waals surface area contributed by atoms with Crippen LogP contribution < -0.4 is 4.90 Å². The summed E-state index contributed by atoms with van der Waals surface area (Å²) >= 11 is 6.18. The number of halogens is 1. The van der Waals surface area contributed by atoms with Crippen molar-refractivity contribution in [2.75, 3.05) is 11.4 Å². The normalized spacial score (nSPS) is 14.0. The van der Waals surface area contributed by atoms with Crippen LogP contribution in [0, 0.1) is 0 Å². The van der Waals surface area contributed by atoms with E-state index in [1.807, 2.05) is 36.4 Å². The van der Waals surface area contributed by atoms with Crippen molar-refractivity contribution in [3.05, 3.63) is 88.4 Å². The Morgan fingerprint density at radius 3 is 2.50 bits per heavy atom. The summed E-state index contributed by atoms with van der Waals surface area (Å²) in [5.41, 5.74) is 6.78. The predicted octanol–water partition coefficient (Wildman–Crippen LogP) is 5.70. The van der Waals surface area contributed by atoms with Crippen LogP contribution in [-0.4, -0.2) is 12.8 Å². The Kier molecular flexibility index (Phi) is 4.59. The lowest BCUT2D eigenvalue weighted by atomic mass is 9.96. The van der Waals surface area contributed by atoms with Gasteiger partial charge in [-0.15, -0.1) is 0 Å². The van der Waals surface area contributed by atoms with E-state index in [0.717, 1.165) is 23.1 Å². The summed E-state index contributed by atoms with van der Waals surface area (Å²) in [6, 6.07) is 22.6. The Labute approximate surface area is 158 Å². The van der Waals surface area contributed by atoms with E-state index in [-0.39, 0.29) is 0 Å². The van der Waals surface area contributed by atoms with Crippen molar-refractivity contribution < 1.29 is 4.79 Å². The molecule has 0 N–H and O–H groups in total. The van der Waals surface area contributed by atoms with Crippen LogP contribution in [0.4, 0.5) is 5.69 Å². The molecular weight excluding hydrogens is 342 g/mol. The average molecular weight is 360 g/mol. The van der Waals surface area contributed by atoms with Crippen LogP contribution in [0.3, 0.4) is 0 Å². The number of nitrogens with zero attached hydrogens (tertiary/aromatic N) is 1. The maximum Gasteiger partial charge on any atom is 0.139 e. The van der Waals surface area contributed by atoms with E-state index in [1.165, 1.54) is 16.7 Å². The van der Waals surface area contributed by atoms with Gasteiger partial charge in [0.2, 0.25) is 0 Å². The van der Waals surface area contributed by atoms with Crippen LogP contribution >= 0.6 is 11.6 Å². The molecule has 0 aliphatic carbocycles. The first-order chi connectivity index (χ1) is 12.7. The third kappa shape index (κ3) is 3.29. The van der Waals surface area contributed by atoms with E-state index in [0.29, 0.717) is 18.1 Å². The quantitative estimate of drug-likeness (QED) is 0.559. The molecular formula is C23H18ClNO. The number of hydrogen-bond acceptors (Lipinski definition) is 2. The van der Waals surface area contributed by atoms with Gasteiger partial charge in [-0.3, -0.25) is 0 Å². The van der Waals surface area contributed by atoms with Crippen LogP contribution in [0.25, 0.3) is 23.3 Å². The van der Waals surface area contributed by atoms with Crippen molar-refractivity contribution in [3.8, 4) is 11.1 Å². The molecule has 0 spiro atoms. The minimum atomic E-state index is 0.350. The minimum absolute atomic E-state index is 0.350. The molecule has 1 aliphatic rings. The number of hydrogen-bond donors (Lipinski definition) is 0. The van der Waals surface area contributed by atoms with Gasteiger partial charge >= 0.3 is 0 Å². The fourth-order valence-electron chi connectivity index (χ4n) is 3.37. The van der Waals surface area contributed by atoms with Gasteiger partial charge in [-0.25, -0.2) is 0 Å². The second-order valence-corrected chi connectivity index (χ2v) is 6.80. The molecule has 2 nitrogen and oxygen atoms in total. The van der Waals surface area contributed by atoms with Crippen molar-refractivity contribution in [1.29, 1.82) is 0 Å². The maximum absolute atomic E-state index is 11.2. The molecule has 0 atom stereocenters. The first kappa shape index (κ1) is 16.6. The van der Waals surface area contributed by atoms with Gasteiger partial charge in [0, 0.05) is 17.3 Å². The number of aldehydes is 1. The monoisotopic (exact) mass is 359 g/mol. The van der Waals surface area contributed by atoms with Crippen molar-refractivity contribution in [3.63, 3.8) is 0 Å². The van der Waals surface area contributed by atoms with Crippen LogP contribution in [0.5, 0.6) is 0 Å². The van der Waals surface area contributed by atoms with Gasteiger partial charge in [0.1, 0.15) is 6.29 Å². The van der Waals surface area contributed by atoms with E-state index in [4.69, 9.17) is 11.6 Å². The lowest BCUT2D eigenvalue weighted by Gasteiger charge is -2.27. The van der Waals surface area contributed by atoms with Crippen LogP contribution in [-0.2, 0) is 11.3 Å². The zero-order valence-electron chi connectivity index (χ0n) is 14.2. The van der Waals surface area contributed by atoms with Gasteiger partial charge in [-0.05, 0) is 52.1 Å². The van der Waals surface area contributed by atoms with E-state index in [1.54, 1.807) is 0 Å². The van der Waals surface area contributed by atoms with Gasteiger partial charge in [-0.1, -0.05) is 66.2 Å². The van der Waals surface area contributed by atoms with E-state index >= 15 is 0 Å². The molecule has 0 fully saturated rings. The van der Waals surface area contributed by atoms with Crippen molar-refractivity contribution >= 4 is 35.7 Å². The second-order valence-electron chi connectivity index (χ2n) is 6.36. The number of carbonyl (C=O) groups excluding carboxylic acids is 1. The molecule has 128 valence electrons. The number of carbonyl (C=O) groups is 1. The van der Waals surface area contributed by atoms with Crippen molar-refractivity contribution in [2.45, 2.75) is 6.54 Å². The van der Waals surface area contributed by atoms with Crippen LogP contribution in [0.2, 0.25) is 5.02 Å². The molecule has 0 saturated carbocycles. The Balaban J connectivity index is 1.82. The lowest BCUT2D eigenvalue weighted by molar-refractivity contribution is -0.106. The SMILES string of the molecule is O=CCN1Cc2ccc(-c3ccccc3)cc2/C=C\c2cc(Cl)ccc21. The molecule has 0 saturated heterocycles. The summed E-state index contributed by atoms with van der Waals surface area (Å²) in [6.45, 7) is 1.03. The zero-order valence-corrected chi connectivity index (χ0v) is 15.0. The number of benzene rings is 3. The summed E-state index contributed by atoms with van der Waals surface area (Å²) in [7, 11) is 0. The molecule has 0 unspecified atom stereocenters. The Morgan fingerprint density at radius 1 is 0.885 bits per heavy atom. The van der Waals surface area contributed by atoms with E-state index < -0.39 is 0 Å². The van der Waals surface area contributed by atoms with Crippen LogP contribution in [0.15, 0.2) is 66.7 Å². The van der Waals surface area contributed by atoms with E-state index in [2.05, 4.69) is 47.4 Å². The number of fused-ring (bicyclic) bond motifs is 2. The highest BCUT2D eigenvalue weighted by Crippen LogP contribution is 2.32. The lowest BCUT2D eigenvalue weighted by Crippen LogP contribution is -2.26. The van der Waals surface area contributed by atoms with Crippen molar-refractivity contribution in [2.24, 2.45) is 0 Å². The van der Waals surface area contributed by atoms with Gasteiger partial charge in [0.15, 0.2) is 0 Å². The first-order valence-corrected chi connectivity index (χ1v) is 8.97. The fraction of sp³-hybridized carbons (Fsp3) is 0.0870. The predicted molar refractivity (Wildman–Crippen MR) is 109 cm³/mol. The smallest absolute Gasteiger partial charge is 0.139 e. The van der Waals surface area contributed by atoms with Crippen LogP contribution in [0.1, 0.15) is 16.7 Å². The minimum Gasteiger partial charge on any atom is -0.360 e.